The van der Waals surface area contributed by atoms with Gasteiger partial charge in [-0.1, -0.05) is 25.1 Å². The third kappa shape index (κ3) is 5.03. The first-order valence-corrected chi connectivity index (χ1v) is 4.56. The molecule has 2 heteroatoms. The molecule has 0 fully saturated rings. The average Bonchev–Trinajstić information content (AvgIpc) is 2.11. The normalized spacial score (nSPS) is 8.58. The molecule has 0 radical (unpaired) electrons. The maximum absolute atomic E-state index is 8.92. The van der Waals surface area contributed by atoms with Crippen molar-refractivity contribution in [3.63, 3.8) is 0 Å². The predicted molar refractivity (Wildman–Crippen MR) is 53.9 cm³/mol. The molecular formula is C10H15ClO. The van der Waals surface area contributed by atoms with Gasteiger partial charge in [0.05, 0.1) is 0 Å². The fraction of sp³-hybridized carbons (Fsp3) is 0.400. The molecule has 0 saturated heterocycles. The zero-order chi connectivity index (χ0) is 9.40. The van der Waals surface area contributed by atoms with Gasteiger partial charge in [0.1, 0.15) is 5.75 Å². The summed E-state index contributed by atoms with van der Waals surface area (Å²) in [5.74, 6) is 1.16. The van der Waals surface area contributed by atoms with Crippen LogP contribution >= 0.6 is 11.6 Å². The molecule has 1 aromatic rings. The van der Waals surface area contributed by atoms with Gasteiger partial charge in [0, 0.05) is 5.88 Å². The fourth-order valence-corrected chi connectivity index (χ4v) is 0.563. The minimum absolute atomic E-state index is 0.368. The number of alkyl halides is 1. The average molecular weight is 187 g/mol. The second kappa shape index (κ2) is 6.99. The van der Waals surface area contributed by atoms with Crippen LogP contribution in [0.1, 0.15) is 18.9 Å². The summed E-state index contributed by atoms with van der Waals surface area (Å²) in [5, 5.41) is 8.92. The van der Waals surface area contributed by atoms with Crippen LogP contribution in [0.3, 0.4) is 0 Å². The lowest BCUT2D eigenvalue weighted by atomic mass is 10.2. The Balaban J connectivity index is 0.000000261. The molecule has 1 nitrogen and oxygen atoms in total. The summed E-state index contributed by atoms with van der Waals surface area (Å²) < 4.78 is 0. The van der Waals surface area contributed by atoms with Gasteiger partial charge in [-0.15, -0.1) is 11.6 Å². The molecule has 0 heterocycles. The van der Waals surface area contributed by atoms with Gasteiger partial charge in [-0.05, 0) is 25.0 Å². The van der Waals surface area contributed by atoms with Crippen molar-refractivity contribution in [2.75, 3.05) is 5.88 Å². The molecule has 0 aromatic heterocycles. The van der Waals surface area contributed by atoms with Gasteiger partial charge in [0.15, 0.2) is 0 Å². The minimum atomic E-state index is 0.368. The molecule has 0 aliphatic heterocycles. The van der Waals surface area contributed by atoms with E-state index < -0.39 is 0 Å². The first-order chi connectivity index (χ1) is 5.72. The lowest BCUT2D eigenvalue weighted by molar-refractivity contribution is 0.471. The number of benzene rings is 1. The van der Waals surface area contributed by atoms with Gasteiger partial charge in [0.25, 0.3) is 0 Å². The Morgan fingerprint density at radius 2 is 1.83 bits per heavy atom. The van der Waals surface area contributed by atoms with E-state index in [4.69, 9.17) is 16.7 Å². The lowest BCUT2D eigenvalue weighted by Crippen LogP contribution is -1.68. The van der Waals surface area contributed by atoms with E-state index in [0.29, 0.717) is 5.75 Å². The lowest BCUT2D eigenvalue weighted by Gasteiger charge is -1.92. The van der Waals surface area contributed by atoms with Crippen LogP contribution in [0.25, 0.3) is 0 Å². The van der Waals surface area contributed by atoms with Gasteiger partial charge in [0.2, 0.25) is 0 Å². The number of hydrogen-bond acceptors (Lipinski definition) is 1. The maximum atomic E-state index is 8.92. The van der Waals surface area contributed by atoms with Crippen LogP contribution in [-0.2, 0) is 0 Å². The van der Waals surface area contributed by atoms with Gasteiger partial charge < -0.3 is 5.11 Å². The van der Waals surface area contributed by atoms with Crippen LogP contribution in [-0.4, -0.2) is 11.0 Å². The Labute approximate surface area is 79.0 Å². The van der Waals surface area contributed by atoms with Gasteiger partial charge in [-0.2, -0.15) is 0 Å². The number of rotatable bonds is 1. The third-order valence-corrected chi connectivity index (χ3v) is 1.68. The van der Waals surface area contributed by atoms with Crippen molar-refractivity contribution in [3.05, 3.63) is 29.8 Å². The number of halogens is 1. The van der Waals surface area contributed by atoms with E-state index in [1.54, 1.807) is 6.07 Å². The van der Waals surface area contributed by atoms with Crippen molar-refractivity contribution in [3.8, 4) is 5.75 Å². The van der Waals surface area contributed by atoms with Gasteiger partial charge in [-0.3, -0.25) is 0 Å². The molecule has 0 spiro atoms. The van der Waals surface area contributed by atoms with Gasteiger partial charge >= 0.3 is 0 Å². The van der Waals surface area contributed by atoms with Crippen LogP contribution in [0.5, 0.6) is 5.75 Å². The molecule has 0 aliphatic carbocycles. The summed E-state index contributed by atoms with van der Waals surface area (Å²) >= 11 is 5.19. The Morgan fingerprint density at radius 3 is 2.08 bits per heavy atom. The summed E-state index contributed by atoms with van der Waals surface area (Å²) in [4.78, 5) is 0. The summed E-state index contributed by atoms with van der Waals surface area (Å²) in [6.07, 6.45) is 1.08. The van der Waals surface area contributed by atoms with E-state index in [9.17, 15) is 0 Å². The monoisotopic (exact) mass is 186 g/mol. The molecule has 68 valence electrons. The standard InChI is InChI=1S/C7H8O.C3H7Cl/c1-6-4-2-3-5-7(6)8;1-2-3-4/h2-5,8H,1H3;2-3H2,1H3. The van der Waals surface area contributed by atoms with Crippen molar-refractivity contribution in [2.24, 2.45) is 0 Å². The largest absolute Gasteiger partial charge is 0.508 e. The summed E-state index contributed by atoms with van der Waals surface area (Å²) in [5.41, 5.74) is 0.924. The zero-order valence-corrected chi connectivity index (χ0v) is 8.30. The maximum Gasteiger partial charge on any atom is 0.118 e. The number of phenolic OH excluding ortho intramolecular Hbond substituents is 1. The highest BCUT2D eigenvalue weighted by atomic mass is 35.5. The molecule has 0 unspecified atom stereocenters. The SMILES string of the molecule is CCCCl.Cc1ccccc1O. The second-order valence-corrected chi connectivity index (χ2v) is 2.85. The van der Waals surface area contributed by atoms with Crippen molar-refractivity contribution in [2.45, 2.75) is 20.3 Å². The molecule has 1 rings (SSSR count). The number of para-hydroxylation sites is 1. The van der Waals surface area contributed by atoms with Crippen LogP contribution < -0.4 is 0 Å². The number of aromatic hydroxyl groups is 1. The molecule has 12 heavy (non-hydrogen) atoms. The van der Waals surface area contributed by atoms with Crippen LogP contribution in [0.4, 0.5) is 0 Å². The van der Waals surface area contributed by atoms with Gasteiger partial charge in [-0.25, -0.2) is 0 Å². The predicted octanol–water partition coefficient (Wildman–Crippen LogP) is 3.34. The molecule has 0 saturated carbocycles. The van der Waals surface area contributed by atoms with Crippen LogP contribution in [0, 0.1) is 6.92 Å². The second-order valence-electron chi connectivity index (χ2n) is 2.48. The molecule has 0 aliphatic rings. The van der Waals surface area contributed by atoms with E-state index in [-0.39, 0.29) is 0 Å². The van der Waals surface area contributed by atoms with E-state index in [0.717, 1.165) is 17.9 Å². The first-order valence-electron chi connectivity index (χ1n) is 4.03. The molecule has 0 atom stereocenters. The van der Waals surface area contributed by atoms with E-state index in [1.165, 1.54) is 0 Å². The Bertz CT molecular complexity index is 188. The molecule has 1 aromatic carbocycles. The first kappa shape index (κ1) is 11.3. The molecular weight excluding hydrogens is 172 g/mol. The van der Waals surface area contributed by atoms with Crippen LogP contribution in [0.2, 0.25) is 0 Å². The third-order valence-electron chi connectivity index (χ3n) is 1.30. The van der Waals surface area contributed by atoms with Crippen LogP contribution in [0.15, 0.2) is 24.3 Å². The van der Waals surface area contributed by atoms with E-state index >= 15 is 0 Å². The smallest absolute Gasteiger partial charge is 0.118 e. The van der Waals surface area contributed by atoms with E-state index in [2.05, 4.69) is 0 Å². The topological polar surface area (TPSA) is 20.2 Å². The number of phenols is 1. The Kier molecular flexibility index (Phi) is 6.58. The number of hydrogen-bond donors (Lipinski definition) is 1. The highest BCUT2D eigenvalue weighted by molar-refractivity contribution is 6.17. The van der Waals surface area contributed by atoms with Crippen molar-refractivity contribution in [1.29, 1.82) is 0 Å². The Morgan fingerprint density at radius 1 is 1.33 bits per heavy atom. The van der Waals surface area contributed by atoms with Crippen molar-refractivity contribution >= 4 is 11.6 Å². The number of aryl methyl sites for hydroxylation is 1. The molecule has 0 bridgehead atoms. The Hall–Kier alpha value is -0.690. The summed E-state index contributed by atoms with van der Waals surface area (Å²) in [6.45, 7) is 3.92. The molecule has 1 N–H and O–H groups in total. The van der Waals surface area contributed by atoms with E-state index in [1.807, 2.05) is 32.0 Å². The summed E-state index contributed by atoms with van der Waals surface area (Å²) in [7, 11) is 0. The zero-order valence-electron chi connectivity index (χ0n) is 7.55. The highest BCUT2D eigenvalue weighted by Gasteiger charge is 1.86. The summed E-state index contributed by atoms with van der Waals surface area (Å²) in [6, 6.07) is 7.25. The van der Waals surface area contributed by atoms with Crippen molar-refractivity contribution in [1.82, 2.24) is 0 Å². The van der Waals surface area contributed by atoms with Crippen molar-refractivity contribution < 1.29 is 5.11 Å². The molecule has 0 amide bonds. The fourth-order valence-electron chi connectivity index (χ4n) is 0.563. The highest BCUT2D eigenvalue weighted by Crippen LogP contribution is 2.12. The quantitative estimate of drug-likeness (QED) is 0.667. The minimum Gasteiger partial charge on any atom is -0.508 e.